The molecule has 3 rings (SSSR count). The van der Waals surface area contributed by atoms with Crippen LogP contribution in [0.1, 0.15) is 5.56 Å². The Bertz CT molecular complexity index is 1310. The minimum Gasteiger partial charge on any atom is -0.434 e. The third-order valence-corrected chi connectivity index (χ3v) is 5.84. The van der Waals surface area contributed by atoms with E-state index >= 15 is 0 Å². The van der Waals surface area contributed by atoms with Gasteiger partial charge < -0.3 is 4.74 Å². The number of alkyl halides is 2. The van der Waals surface area contributed by atoms with Gasteiger partial charge in [0.15, 0.2) is 0 Å². The number of nitrogens with zero attached hydrogens (tertiary/aromatic N) is 2. The van der Waals surface area contributed by atoms with E-state index in [0.717, 1.165) is 24.4 Å². The molecule has 0 atom stereocenters. The Hall–Kier alpha value is -3.77. The number of rotatable bonds is 9. The lowest BCUT2D eigenvalue weighted by Gasteiger charge is -2.13. The van der Waals surface area contributed by atoms with Gasteiger partial charge in [-0.05, 0) is 30.3 Å². The molecule has 0 aliphatic carbocycles. The van der Waals surface area contributed by atoms with Crippen molar-refractivity contribution < 1.29 is 26.9 Å². The van der Waals surface area contributed by atoms with Crippen molar-refractivity contribution in [3.63, 3.8) is 0 Å². The summed E-state index contributed by atoms with van der Waals surface area (Å²) in [4.78, 5) is 9.94. The fourth-order valence-electron chi connectivity index (χ4n) is 2.64. The van der Waals surface area contributed by atoms with E-state index in [1.165, 1.54) is 30.3 Å². The lowest BCUT2D eigenvalue weighted by molar-refractivity contribution is -0.385. The van der Waals surface area contributed by atoms with E-state index in [1.54, 1.807) is 18.2 Å². The summed E-state index contributed by atoms with van der Waals surface area (Å²) in [6.07, 6.45) is 1.14. The first-order chi connectivity index (χ1) is 15.7. The predicted octanol–water partition coefficient (Wildman–Crippen LogP) is 5.10. The molecule has 0 aliphatic heterocycles. The van der Waals surface area contributed by atoms with E-state index in [2.05, 4.69) is 20.0 Å². The molecular weight excluding hydrogens is 482 g/mol. The molecule has 0 radical (unpaired) electrons. The summed E-state index contributed by atoms with van der Waals surface area (Å²) < 4.78 is 57.7. The van der Waals surface area contributed by atoms with Gasteiger partial charge in [0.05, 0.1) is 27.5 Å². The zero-order chi connectivity index (χ0) is 24.0. The van der Waals surface area contributed by atoms with Gasteiger partial charge in [-0.15, -0.1) is 0 Å². The average molecular weight is 497 g/mol. The van der Waals surface area contributed by atoms with Gasteiger partial charge in [-0.1, -0.05) is 35.9 Å². The molecule has 33 heavy (non-hydrogen) atoms. The van der Waals surface area contributed by atoms with Crippen LogP contribution in [0.15, 0.2) is 76.7 Å². The molecule has 0 heterocycles. The van der Waals surface area contributed by atoms with Gasteiger partial charge in [0.25, 0.3) is 15.7 Å². The molecule has 2 N–H and O–H groups in total. The Labute approximate surface area is 191 Å². The molecule has 0 spiro atoms. The number of para-hydroxylation sites is 2. The van der Waals surface area contributed by atoms with Crippen molar-refractivity contribution in [1.82, 2.24) is 0 Å². The molecule has 0 amide bonds. The number of anilines is 2. The quantitative estimate of drug-likeness (QED) is 0.241. The van der Waals surface area contributed by atoms with Crippen LogP contribution in [0, 0.1) is 10.1 Å². The van der Waals surface area contributed by atoms with Crippen molar-refractivity contribution in [2.75, 3.05) is 10.1 Å². The fourth-order valence-corrected chi connectivity index (χ4v) is 4.14. The first-order valence-corrected chi connectivity index (χ1v) is 10.9. The third kappa shape index (κ3) is 6.14. The number of hydrogen-bond acceptors (Lipinski definition) is 7. The van der Waals surface area contributed by atoms with Crippen LogP contribution in [0.25, 0.3) is 0 Å². The van der Waals surface area contributed by atoms with Crippen molar-refractivity contribution >= 4 is 44.9 Å². The van der Waals surface area contributed by atoms with Crippen molar-refractivity contribution in [3.05, 3.63) is 87.4 Å². The summed E-state index contributed by atoms with van der Waals surface area (Å²) in [6, 6.07) is 14.9. The maximum absolute atomic E-state index is 13.0. The molecule has 3 aromatic rings. The number of nitro benzene ring substituents is 1. The first kappa shape index (κ1) is 23.9. The Balaban J connectivity index is 1.94. The summed E-state index contributed by atoms with van der Waals surface area (Å²) in [5, 5.41) is 15.2. The third-order valence-electron chi connectivity index (χ3n) is 4.11. The second kappa shape index (κ2) is 10.2. The van der Waals surface area contributed by atoms with Crippen LogP contribution >= 0.6 is 11.6 Å². The predicted molar refractivity (Wildman–Crippen MR) is 120 cm³/mol. The molecule has 3 aromatic carbocycles. The van der Waals surface area contributed by atoms with Gasteiger partial charge in [-0.3, -0.25) is 20.3 Å². The molecule has 172 valence electrons. The Kier molecular flexibility index (Phi) is 7.41. The number of sulfonamides is 1. The first-order valence-electron chi connectivity index (χ1n) is 9.06. The minimum atomic E-state index is -4.34. The molecule has 0 aromatic heterocycles. The molecule has 0 saturated heterocycles. The van der Waals surface area contributed by atoms with Crippen LogP contribution in [-0.4, -0.2) is 26.2 Å². The summed E-state index contributed by atoms with van der Waals surface area (Å²) in [5.41, 5.74) is 2.14. The maximum atomic E-state index is 13.0. The van der Waals surface area contributed by atoms with Gasteiger partial charge in [0.2, 0.25) is 0 Å². The summed E-state index contributed by atoms with van der Waals surface area (Å²) >= 11 is 6.00. The number of non-ortho nitro benzene ring substituents is 1. The second-order valence-corrected chi connectivity index (χ2v) is 8.37. The highest BCUT2D eigenvalue weighted by atomic mass is 35.5. The van der Waals surface area contributed by atoms with Gasteiger partial charge in [0, 0.05) is 17.7 Å². The standard InChI is InChI=1S/C20H15ClF2N4O5S/c21-15-6-2-3-7-16(15)26-33(30,31)19-11-14(27(28)29)9-10-17(19)25-24-12-13-5-1-4-8-18(13)32-20(22)23/h1-12,20,25-26H/b24-12-. The molecular formula is C20H15ClF2N4O5S. The van der Waals surface area contributed by atoms with Crippen LogP contribution in [0.3, 0.4) is 0 Å². The van der Waals surface area contributed by atoms with E-state index in [0.29, 0.717) is 0 Å². The van der Waals surface area contributed by atoms with Crippen molar-refractivity contribution in [1.29, 1.82) is 0 Å². The molecule has 0 fully saturated rings. The molecule has 0 unspecified atom stereocenters. The second-order valence-electron chi connectivity index (χ2n) is 6.31. The van der Waals surface area contributed by atoms with Crippen LogP contribution in [0.4, 0.5) is 25.8 Å². The number of nitrogens with one attached hydrogen (secondary N) is 2. The van der Waals surface area contributed by atoms with Gasteiger partial charge >= 0.3 is 6.61 Å². The van der Waals surface area contributed by atoms with E-state index in [-0.39, 0.29) is 27.7 Å². The Morgan fingerprint density at radius 1 is 1.06 bits per heavy atom. The lowest BCUT2D eigenvalue weighted by atomic mass is 10.2. The van der Waals surface area contributed by atoms with Crippen LogP contribution < -0.4 is 14.9 Å². The van der Waals surface area contributed by atoms with Crippen LogP contribution in [0.2, 0.25) is 5.02 Å². The van der Waals surface area contributed by atoms with E-state index in [9.17, 15) is 27.3 Å². The summed E-state index contributed by atoms with van der Waals surface area (Å²) in [5.74, 6) is -0.144. The highest BCUT2D eigenvalue weighted by molar-refractivity contribution is 7.93. The van der Waals surface area contributed by atoms with Crippen molar-refractivity contribution in [2.24, 2.45) is 5.10 Å². The molecule has 9 nitrogen and oxygen atoms in total. The number of benzene rings is 3. The summed E-state index contributed by atoms with van der Waals surface area (Å²) in [7, 11) is -4.34. The lowest BCUT2D eigenvalue weighted by Crippen LogP contribution is -2.15. The smallest absolute Gasteiger partial charge is 0.387 e. The largest absolute Gasteiger partial charge is 0.434 e. The minimum absolute atomic E-state index is 0.0678. The topological polar surface area (TPSA) is 123 Å². The van der Waals surface area contributed by atoms with Crippen LogP contribution in [-0.2, 0) is 10.0 Å². The van der Waals surface area contributed by atoms with Crippen molar-refractivity contribution in [2.45, 2.75) is 11.5 Å². The SMILES string of the molecule is O=[N+]([O-])c1ccc(N/N=C\c2ccccc2OC(F)F)c(S(=O)(=O)Nc2ccccc2Cl)c1. The zero-order valence-electron chi connectivity index (χ0n) is 16.5. The maximum Gasteiger partial charge on any atom is 0.387 e. The van der Waals surface area contributed by atoms with Gasteiger partial charge in [0.1, 0.15) is 10.6 Å². The number of ether oxygens (including phenoxy) is 1. The highest BCUT2D eigenvalue weighted by Crippen LogP contribution is 2.30. The summed E-state index contributed by atoms with van der Waals surface area (Å²) in [6.45, 7) is -3.05. The van der Waals surface area contributed by atoms with E-state index in [1.807, 2.05) is 0 Å². The molecule has 0 bridgehead atoms. The monoisotopic (exact) mass is 496 g/mol. The molecule has 0 aliphatic rings. The van der Waals surface area contributed by atoms with E-state index < -0.39 is 32.1 Å². The number of nitro groups is 1. The number of halogens is 3. The Morgan fingerprint density at radius 3 is 2.45 bits per heavy atom. The van der Waals surface area contributed by atoms with Gasteiger partial charge in [-0.2, -0.15) is 13.9 Å². The average Bonchev–Trinajstić information content (AvgIpc) is 2.76. The molecule has 0 saturated carbocycles. The highest BCUT2D eigenvalue weighted by Gasteiger charge is 2.23. The van der Waals surface area contributed by atoms with Gasteiger partial charge in [-0.25, -0.2) is 8.42 Å². The molecule has 13 heteroatoms. The van der Waals surface area contributed by atoms with Crippen LogP contribution in [0.5, 0.6) is 5.75 Å². The fraction of sp³-hybridized carbons (Fsp3) is 0.0500. The Morgan fingerprint density at radius 2 is 1.76 bits per heavy atom. The normalized spacial score (nSPS) is 11.5. The number of hydrazone groups is 1. The van der Waals surface area contributed by atoms with E-state index in [4.69, 9.17) is 11.6 Å². The van der Waals surface area contributed by atoms with Crippen molar-refractivity contribution in [3.8, 4) is 5.75 Å². The number of hydrogen-bond donors (Lipinski definition) is 2. The zero-order valence-corrected chi connectivity index (χ0v) is 18.1.